The van der Waals surface area contributed by atoms with E-state index in [0.29, 0.717) is 37.4 Å². The van der Waals surface area contributed by atoms with Crippen molar-refractivity contribution in [2.24, 2.45) is 62.6 Å². The lowest BCUT2D eigenvalue weighted by molar-refractivity contribution is -0.232. The minimum atomic E-state index is -1.17. The molecule has 0 spiro atoms. The Labute approximate surface area is 319 Å². The number of amides is 1. The molecule has 10 atom stereocenters. The quantitative estimate of drug-likeness (QED) is 0.176. The van der Waals surface area contributed by atoms with E-state index in [9.17, 15) is 29.4 Å². The van der Waals surface area contributed by atoms with Crippen LogP contribution in [0.15, 0.2) is 11.1 Å². The van der Waals surface area contributed by atoms with E-state index in [2.05, 4.69) is 72.5 Å². The van der Waals surface area contributed by atoms with E-state index < -0.39 is 29.4 Å². The molecule has 300 valence electrons. The molecule has 9 heteroatoms. The second-order valence-corrected chi connectivity index (χ2v) is 20.5. The van der Waals surface area contributed by atoms with E-state index in [1.807, 2.05) is 0 Å². The highest BCUT2D eigenvalue weighted by Crippen LogP contribution is 2.75. The number of aliphatic hydroxyl groups excluding tert-OH is 1. The Morgan fingerprint density at radius 2 is 1.57 bits per heavy atom. The molecule has 9 nitrogen and oxygen atoms in total. The first-order valence-corrected chi connectivity index (χ1v) is 20.8. The van der Waals surface area contributed by atoms with Gasteiger partial charge >= 0.3 is 11.9 Å². The van der Waals surface area contributed by atoms with Gasteiger partial charge in [-0.25, -0.2) is 0 Å². The number of Topliss-reactive ketones (excluding diaryl/α,β-unsaturated/α-hetero) is 1. The van der Waals surface area contributed by atoms with Gasteiger partial charge in [-0.05, 0) is 130 Å². The molecule has 1 unspecified atom stereocenters. The Morgan fingerprint density at radius 3 is 2.15 bits per heavy atom. The average Bonchev–Trinajstić information content (AvgIpc) is 3.33. The van der Waals surface area contributed by atoms with Gasteiger partial charge in [0.2, 0.25) is 5.91 Å². The van der Waals surface area contributed by atoms with Gasteiger partial charge in [-0.2, -0.15) is 0 Å². The average molecular weight is 741 g/mol. The number of hydrogen-bond acceptors (Lipinski definition) is 7. The number of allylic oxidation sites excluding steroid dienone is 2. The summed E-state index contributed by atoms with van der Waals surface area (Å²) in [6.07, 6.45) is 6.86. The molecular formula is C44H72N2O7. The summed E-state index contributed by atoms with van der Waals surface area (Å²) in [5.74, 6) is -0.400. The van der Waals surface area contributed by atoms with Gasteiger partial charge in [0.25, 0.3) is 0 Å². The molecule has 3 N–H and O–H groups in total. The Morgan fingerprint density at radius 1 is 0.925 bits per heavy atom. The lowest BCUT2D eigenvalue weighted by Gasteiger charge is -2.71. The van der Waals surface area contributed by atoms with Crippen LogP contribution in [0.2, 0.25) is 0 Å². The highest BCUT2D eigenvalue weighted by Gasteiger charge is 2.69. The van der Waals surface area contributed by atoms with Crippen LogP contribution in [-0.4, -0.2) is 76.6 Å². The molecule has 1 amide bonds. The van der Waals surface area contributed by atoms with E-state index in [1.54, 1.807) is 13.8 Å². The van der Waals surface area contributed by atoms with Crippen molar-refractivity contribution in [1.29, 1.82) is 0 Å². The zero-order valence-corrected chi connectivity index (χ0v) is 35.1. The number of aliphatic hydroxyl groups is 1. The zero-order valence-electron chi connectivity index (χ0n) is 35.1. The first kappa shape index (κ1) is 41.9. The van der Waals surface area contributed by atoms with Gasteiger partial charge in [0, 0.05) is 38.0 Å². The van der Waals surface area contributed by atoms with E-state index in [1.165, 1.54) is 12.5 Å². The fourth-order valence-electron chi connectivity index (χ4n) is 13.2. The van der Waals surface area contributed by atoms with E-state index >= 15 is 0 Å². The van der Waals surface area contributed by atoms with Crippen molar-refractivity contribution in [1.82, 2.24) is 10.2 Å². The van der Waals surface area contributed by atoms with Crippen molar-refractivity contribution in [3.8, 4) is 0 Å². The minimum absolute atomic E-state index is 0.0220. The molecule has 4 saturated carbocycles. The highest BCUT2D eigenvalue weighted by molar-refractivity contribution is 6.02. The van der Waals surface area contributed by atoms with E-state index in [-0.39, 0.29) is 63.8 Å². The number of carboxylic acid groups (broad SMARTS) is 1. The van der Waals surface area contributed by atoms with Crippen LogP contribution in [0.3, 0.4) is 0 Å². The maximum atomic E-state index is 14.5. The highest BCUT2D eigenvalue weighted by atomic mass is 16.5. The third kappa shape index (κ3) is 7.06. The van der Waals surface area contributed by atoms with Crippen molar-refractivity contribution in [2.75, 3.05) is 19.6 Å². The lowest BCUT2D eigenvalue weighted by atomic mass is 9.33. The molecule has 0 saturated heterocycles. The Bertz CT molecular complexity index is 1480. The maximum Gasteiger partial charge on any atom is 0.309 e. The number of ether oxygens (including phenoxy) is 1. The molecule has 53 heavy (non-hydrogen) atoms. The number of nitrogens with zero attached hydrogens (tertiary/aromatic N) is 1. The predicted molar refractivity (Wildman–Crippen MR) is 207 cm³/mol. The summed E-state index contributed by atoms with van der Waals surface area (Å²) in [4.78, 5) is 53.1. The molecule has 0 aliphatic heterocycles. The number of hydrogen-bond donors (Lipinski definition) is 3. The predicted octanol–water partition coefficient (Wildman–Crippen LogP) is 7.44. The Hall–Kier alpha value is -2.26. The number of carboxylic acids is 1. The van der Waals surface area contributed by atoms with Gasteiger partial charge in [0.1, 0.15) is 6.10 Å². The number of esters is 1. The number of rotatable bonds is 12. The molecule has 5 rings (SSSR count). The summed E-state index contributed by atoms with van der Waals surface area (Å²) in [5.41, 5.74) is 1.11. The maximum absolute atomic E-state index is 14.5. The largest absolute Gasteiger partial charge is 0.481 e. The lowest BCUT2D eigenvalue weighted by Crippen LogP contribution is -2.65. The number of carbonyl (C=O) groups excluding carboxylic acids is 3. The van der Waals surface area contributed by atoms with Crippen LogP contribution >= 0.6 is 0 Å². The van der Waals surface area contributed by atoms with Crippen molar-refractivity contribution in [2.45, 2.75) is 159 Å². The topological polar surface area (TPSA) is 133 Å². The SMILES string of the molecule is CC(=O)NCCN(C[C@H](O)[C@@H]1C(=O)C(C(C)C)=C2C1CC[C@]1(C)[C@@H]2CC[C@@H]2[C@@]3(C)CC[C@H](OC(=O)CC(C)(C)C(=O)O)C(C)(C)[C@@H]3CC[C@]21C)C(C)C. The van der Waals surface area contributed by atoms with Crippen LogP contribution in [0.5, 0.6) is 0 Å². The summed E-state index contributed by atoms with van der Waals surface area (Å²) < 4.78 is 6.16. The van der Waals surface area contributed by atoms with Gasteiger partial charge in [-0.1, -0.05) is 54.0 Å². The van der Waals surface area contributed by atoms with Gasteiger partial charge in [-0.15, -0.1) is 0 Å². The number of ketones is 1. The first-order chi connectivity index (χ1) is 24.4. The van der Waals surface area contributed by atoms with Gasteiger partial charge < -0.3 is 20.3 Å². The van der Waals surface area contributed by atoms with Crippen molar-refractivity contribution in [3.05, 3.63) is 11.1 Å². The fourth-order valence-corrected chi connectivity index (χ4v) is 13.2. The van der Waals surface area contributed by atoms with Crippen molar-refractivity contribution < 1.29 is 34.1 Å². The third-order valence-electron chi connectivity index (χ3n) is 16.2. The Balaban J connectivity index is 1.39. The van der Waals surface area contributed by atoms with Gasteiger partial charge in [0.05, 0.1) is 23.9 Å². The molecule has 0 aromatic heterocycles. The van der Waals surface area contributed by atoms with Crippen molar-refractivity contribution >= 4 is 23.6 Å². The van der Waals surface area contributed by atoms with Crippen molar-refractivity contribution in [3.63, 3.8) is 0 Å². The van der Waals surface area contributed by atoms with Crippen LogP contribution in [0.1, 0.15) is 141 Å². The normalized spacial score (nSPS) is 37.2. The summed E-state index contributed by atoms with van der Waals surface area (Å²) in [7, 11) is 0. The van der Waals surface area contributed by atoms with Crippen LogP contribution in [0.4, 0.5) is 0 Å². The first-order valence-electron chi connectivity index (χ1n) is 20.8. The molecule has 0 radical (unpaired) electrons. The summed E-state index contributed by atoms with van der Waals surface area (Å²) in [6, 6.07) is 0.171. The number of carbonyl (C=O) groups is 4. The van der Waals surface area contributed by atoms with E-state index in [0.717, 1.165) is 56.9 Å². The molecular weight excluding hydrogens is 668 g/mol. The molecule has 0 heterocycles. The minimum Gasteiger partial charge on any atom is -0.481 e. The Kier molecular flexibility index (Phi) is 11.6. The molecule has 0 bridgehead atoms. The van der Waals surface area contributed by atoms with Crippen LogP contribution in [-0.2, 0) is 23.9 Å². The third-order valence-corrected chi connectivity index (χ3v) is 16.2. The second-order valence-electron chi connectivity index (χ2n) is 20.5. The van der Waals surface area contributed by atoms with Gasteiger partial charge in [-0.3, -0.25) is 24.1 Å². The van der Waals surface area contributed by atoms with Crippen LogP contribution in [0.25, 0.3) is 0 Å². The fraction of sp³-hybridized carbons (Fsp3) is 0.864. The number of aliphatic carboxylic acids is 1. The molecule has 0 aromatic rings. The summed E-state index contributed by atoms with van der Waals surface area (Å²) in [6.45, 7) is 26.9. The smallest absolute Gasteiger partial charge is 0.309 e. The number of nitrogens with one attached hydrogen (secondary N) is 1. The van der Waals surface area contributed by atoms with E-state index in [4.69, 9.17) is 4.74 Å². The van der Waals surface area contributed by atoms with Crippen LogP contribution in [0, 0.1) is 62.6 Å². The number of fused-ring (bicyclic) bond motifs is 7. The summed E-state index contributed by atoms with van der Waals surface area (Å²) in [5, 5.41) is 24.4. The molecule has 5 aliphatic carbocycles. The summed E-state index contributed by atoms with van der Waals surface area (Å²) >= 11 is 0. The second kappa shape index (κ2) is 14.7. The molecule has 4 fully saturated rings. The van der Waals surface area contributed by atoms with Gasteiger partial charge in [0.15, 0.2) is 5.78 Å². The zero-order chi connectivity index (χ0) is 39.6. The molecule has 5 aliphatic rings. The van der Waals surface area contributed by atoms with Crippen LogP contribution < -0.4 is 5.32 Å². The monoisotopic (exact) mass is 741 g/mol. The standard InChI is InChI=1S/C44H72N2O7/c1-25(2)35-36-28(37(38(35)50)30(48)24-46(26(3)4)22-21-45-27(5)47)15-19-43(11)29(36)13-14-32-42(10)18-17-33(53-34(49)23-40(6,7)39(51)52)41(8,9)31(42)16-20-44(32,43)12/h25-26,28-33,37,48H,13-24H2,1-12H3,(H,45,47)(H,51,52)/t28?,29-,30+,31+,32-,33+,37-,42+,43-,44-/m1/s1. The molecule has 0 aromatic carbocycles.